The minimum atomic E-state index is 0.0970. The maximum atomic E-state index is 12.4. The van der Waals surface area contributed by atoms with Gasteiger partial charge in [-0.25, -0.2) is 0 Å². The zero-order valence-corrected chi connectivity index (χ0v) is 13.1. The van der Waals surface area contributed by atoms with Gasteiger partial charge in [0.25, 0.3) is 0 Å². The van der Waals surface area contributed by atoms with Crippen LogP contribution in [0.2, 0.25) is 0 Å². The van der Waals surface area contributed by atoms with E-state index in [1.54, 1.807) is 18.3 Å². The third-order valence-electron chi connectivity index (χ3n) is 3.94. The number of amides is 1. The second-order valence-electron chi connectivity index (χ2n) is 5.47. The van der Waals surface area contributed by atoms with Crippen molar-refractivity contribution in [2.75, 3.05) is 13.1 Å². The van der Waals surface area contributed by atoms with Gasteiger partial charge in [-0.1, -0.05) is 0 Å². The number of Topliss-reactive ketones (excluding diaryl/α,β-unsaturated/α-hetero) is 1. The number of rotatable bonds is 3. The Morgan fingerprint density at radius 2 is 1.95 bits per heavy atom. The van der Waals surface area contributed by atoms with Gasteiger partial charge in [0.05, 0.1) is 0 Å². The van der Waals surface area contributed by atoms with Crippen LogP contribution in [0.1, 0.15) is 37.1 Å². The predicted molar refractivity (Wildman–Crippen MR) is 82.7 cm³/mol. The summed E-state index contributed by atoms with van der Waals surface area (Å²) >= 11 is 1.65. The summed E-state index contributed by atoms with van der Waals surface area (Å²) in [6.45, 7) is 6.96. The Bertz CT molecular complexity index is 536. The Morgan fingerprint density at radius 3 is 2.45 bits per heavy atom. The van der Waals surface area contributed by atoms with Crippen molar-refractivity contribution >= 4 is 29.1 Å². The predicted octanol–water partition coefficient (Wildman–Crippen LogP) is 3.29. The van der Waals surface area contributed by atoms with Crippen LogP contribution in [-0.2, 0) is 9.59 Å². The molecule has 0 spiro atoms. The van der Waals surface area contributed by atoms with Crippen molar-refractivity contribution in [3.63, 3.8) is 0 Å². The average Bonchev–Trinajstić information content (AvgIpc) is 2.83. The summed E-state index contributed by atoms with van der Waals surface area (Å²) < 4.78 is 0. The van der Waals surface area contributed by atoms with E-state index in [0.717, 1.165) is 23.3 Å². The first kappa shape index (κ1) is 15.0. The molecule has 0 aromatic carbocycles. The maximum Gasteiger partial charge on any atom is 0.249 e. The Labute approximate surface area is 124 Å². The van der Waals surface area contributed by atoms with Crippen LogP contribution >= 0.6 is 11.3 Å². The molecule has 0 atom stereocenters. The van der Waals surface area contributed by atoms with Crippen LogP contribution in [0.3, 0.4) is 0 Å². The lowest BCUT2D eigenvalue weighted by atomic mass is 9.93. The second-order valence-corrected chi connectivity index (χ2v) is 6.42. The van der Waals surface area contributed by atoms with E-state index in [-0.39, 0.29) is 17.6 Å². The molecular weight excluding hydrogens is 270 g/mol. The average molecular weight is 291 g/mol. The molecule has 0 radical (unpaired) electrons. The topological polar surface area (TPSA) is 37.4 Å². The minimum absolute atomic E-state index is 0.0970. The summed E-state index contributed by atoms with van der Waals surface area (Å²) in [5, 5.41) is 2.04. The molecule has 1 saturated heterocycles. The van der Waals surface area contributed by atoms with Crippen molar-refractivity contribution in [2.45, 2.75) is 33.6 Å². The van der Waals surface area contributed by atoms with Crippen LogP contribution in [0.5, 0.6) is 0 Å². The highest BCUT2D eigenvalue weighted by Gasteiger charge is 2.25. The first-order valence-electron chi connectivity index (χ1n) is 7.01. The number of nitrogens with zero attached hydrogens (tertiary/aromatic N) is 1. The summed E-state index contributed by atoms with van der Waals surface area (Å²) in [4.78, 5) is 26.8. The van der Waals surface area contributed by atoms with E-state index in [0.29, 0.717) is 13.1 Å². The molecule has 1 aromatic heterocycles. The fourth-order valence-corrected chi connectivity index (χ4v) is 3.45. The van der Waals surface area contributed by atoms with Gasteiger partial charge in [-0.05, 0) is 56.7 Å². The van der Waals surface area contributed by atoms with Gasteiger partial charge in [0.2, 0.25) is 5.91 Å². The number of piperidine rings is 1. The molecule has 108 valence electrons. The Kier molecular flexibility index (Phi) is 4.76. The highest BCUT2D eigenvalue weighted by atomic mass is 32.1. The molecule has 0 saturated carbocycles. The van der Waals surface area contributed by atoms with E-state index in [4.69, 9.17) is 0 Å². The van der Waals surface area contributed by atoms with Gasteiger partial charge in [0.15, 0.2) is 0 Å². The molecule has 0 unspecified atom stereocenters. The standard InChI is InChI=1S/C16H21NO2S/c1-11-6-9-20-15(11)10-12(2)16(19)17-7-4-14(5-8-17)13(3)18/h6,9-10,14H,4-5,7-8H2,1-3H3/b12-10+. The van der Waals surface area contributed by atoms with E-state index in [1.807, 2.05) is 23.3 Å². The largest absolute Gasteiger partial charge is 0.339 e. The van der Waals surface area contributed by atoms with Crippen molar-refractivity contribution in [1.82, 2.24) is 4.90 Å². The molecule has 0 N–H and O–H groups in total. The van der Waals surface area contributed by atoms with Crippen molar-refractivity contribution in [3.05, 3.63) is 27.5 Å². The van der Waals surface area contributed by atoms with Crippen molar-refractivity contribution < 1.29 is 9.59 Å². The number of likely N-dealkylation sites (tertiary alicyclic amines) is 1. The molecule has 1 aromatic rings. The molecule has 1 aliphatic heterocycles. The number of thiophene rings is 1. The van der Waals surface area contributed by atoms with E-state index in [9.17, 15) is 9.59 Å². The van der Waals surface area contributed by atoms with Gasteiger partial charge in [-0.15, -0.1) is 11.3 Å². The number of hydrogen-bond acceptors (Lipinski definition) is 3. The van der Waals surface area contributed by atoms with Gasteiger partial charge >= 0.3 is 0 Å². The number of ketones is 1. The molecule has 20 heavy (non-hydrogen) atoms. The van der Waals surface area contributed by atoms with Gasteiger partial charge in [-0.3, -0.25) is 9.59 Å². The normalized spacial score (nSPS) is 17.4. The lowest BCUT2D eigenvalue weighted by Crippen LogP contribution is -2.40. The first-order chi connectivity index (χ1) is 9.49. The van der Waals surface area contributed by atoms with E-state index in [2.05, 4.69) is 13.0 Å². The molecule has 4 heteroatoms. The number of carbonyl (C=O) groups excluding carboxylic acids is 2. The molecular formula is C16H21NO2S. The van der Waals surface area contributed by atoms with Crippen LogP contribution in [0, 0.1) is 12.8 Å². The SMILES string of the molecule is CC(=O)C1CCN(C(=O)/C(C)=C/c2sccc2C)CC1. The van der Waals surface area contributed by atoms with Crippen molar-refractivity contribution in [2.24, 2.45) is 5.92 Å². The lowest BCUT2D eigenvalue weighted by molar-refractivity contribution is -0.131. The Morgan fingerprint density at radius 1 is 1.30 bits per heavy atom. The maximum absolute atomic E-state index is 12.4. The van der Waals surface area contributed by atoms with E-state index >= 15 is 0 Å². The molecule has 3 nitrogen and oxygen atoms in total. The first-order valence-corrected chi connectivity index (χ1v) is 7.89. The quantitative estimate of drug-likeness (QED) is 0.801. The van der Waals surface area contributed by atoms with Gasteiger partial charge < -0.3 is 4.90 Å². The molecule has 2 rings (SSSR count). The molecule has 0 aliphatic carbocycles. The highest BCUT2D eigenvalue weighted by molar-refractivity contribution is 7.11. The minimum Gasteiger partial charge on any atom is -0.339 e. The third kappa shape index (κ3) is 3.37. The monoisotopic (exact) mass is 291 g/mol. The number of carbonyl (C=O) groups is 2. The van der Waals surface area contributed by atoms with Crippen LogP contribution in [0.25, 0.3) is 6.08 Å². The lowest BCUT2D eigenvalue weighted by Gasteiger charge is -2.31. The van der Waals surface area contributed by atoms with Gasteiger partial charge in [-0.2, -0.15) is 0 Å². The molecule has 1 fully saturated rings. The molecule has 1 aliphatic rings. The smallest absolute Gasteiger partial charge is 0.249 e. The van der Waals surface area contributed by atoms with Gasteiger partial charge in [0, 0.05) is 29.5 Å². The zero-order valence-electron chi connectivity index (χ0n) is 12.3. The van der Waals surface area contributed by atoms with E-state index < -0.39 is 0 Å². The molecule has 1 amide bonds. The fourth-order valence-electron chi connectivity index (χ4n) is 2.53. The summed E-state index contributed by atoms with van der Waals surface area (Å²) in [6, 6.07) is 2.06. The zero-order chi connectivity index (χ0) is 14.7. The number of hydrogen-bond donors (Lipinski definition) is 0. The van der Waals surface area contributed by atoms with Crippen LogP contribution in [0.15, 0.2) is 17.0 Å². The van der Waals surface area contributed by atoms with Gasteiger partial charge in [0.1, 0.15) is 5.78 Å². The highest BCUT2D eigenvalue weighted by Crippen LogP contribution is 2.22. The fraction of sp³-hybridized carbons (Fsp3) is 0.500. The summed E-state index contributed by atoms with van der Waals surface area (Å²) in [6.07, 6.45) is 3.57. The summed E-state index contributed by atoms with van der Waals surface area (Å²) in [5.74, 6) is 0.487. The second kappa shape index (κ2) is 6.35. The number of aryl methyl sites for hydroxylation is 1. The molecule has 2 heterocycles. The van der Waals surface area contributed by atoms with Crippen molar-refractivity contribution in [3.8, 4) is 0 Å². The molecule has 0 bridgehead atoms. The Balaban J connectivity index is 2.00. The van der Waals surface area contributed by atoms with Crippen LogP contribution in [-0.4, -0.2) is 29.7 Å². The summed E-state index contributed by atoms with van der Waals surface area (Å²) in [7, 11) is 0. The van der Waals surface area contributed by atoms with Crippen LogP contribution < -0.4 is 0 Å². The van der Waals surface area contributed by atoms with Crippen LogP contribution in [0.4, 0.5) is 0 Å². The third-order valence-corrected chi connectivity index (χ3v) is 4.91. The Hall–Kier alpha value is -1.42. The summed E-state index contributed by atoms with van der Waals surface area (Å²) in [5.41, 5.74) is 1.98. The van der Waals surface area contributed by atoms with Crippen molar-refractivity contribution in [1.29, 1.82) is 0 Å². The van der Waals surface area contributed by atoms with E-state index in [1.165, 1.54) is 5.56 Å².